The Morgan fingerprint density at radius 1 is 1.12 bits per heavy atom. The number of carbonyl (C=O) groups is 1. The molecule has 4 rings (SSSR count). The summed E-state index contributed by atoms with van der Waals surface area (Å²) >= 11 is 6.90. The van der Waals surface area contributed by atoms with E-state index in [0.717, 1.165) is 16.7 Å². The minimum Gasteiger partial charge on any atom is -0.377 e. The Balaban J connectivity index is 1.63. The molecule has 2 aromatic rings. The number of benzene rings is 2. The summed E-state index contributed by atoms with van der Waals surface area (Å²) in [6.45, 7) is 1.82. The highest BCUT2D eigenvalue weighted by atomic mass is 35.5. The summed E-state index contributed by atoms with van der Waals surface area (Å²) in [7, 11) is -7.90. The van der Waals surface area contributed by atoms with Gasteiger partial charge in [0, 0.05) is 6.26 Å². The number of sulfone groups is 1. The molecule has 1 amide bonds. The lowest BCUT2D eigenvalue weighted by atomic mass is 10.1. The second kappa shape index (κ2) is 8.65. The highest BCUT2D eigenvalue weighted by molar-refractivity contribution is 8.16. The van der Waals surface area contributed by atoms with Crippen LogP contribution in [-0.2, 0) is 24.7 Å². The molecule has 0 spiro atoms. The largest absolute Gasteiger partial charge is 0.377 e. The van der Waals surface area contributed by atoms with E-state index in [4.69, 9.17) is 21.2 Å². The van der Waals surface area contributed by atoms with Crippen LogP contribution in [0.2, 0.25) is 5.02 Å². The van der Waals surface area contributed by atoms with Crippen LogP contribution in [0.5, 0.6) is 5.75 Å². The van der Waals surface area contributed by atoms with Gasteiger partial charge in [-0.3, -0.25) is 10.2 Å². The van der Waals surface area contributed by atoms with Crippen LogP contribution in [0, 0.1) is 12.3 Å². The van der Waals surface area contributed by atoms with Crippen LogP contribution in [0.1, 0.15) is 11.1 Å². The third-order valence-electron chi connectivity index (χ3n) is 4.60. The van der Waals surface area contributed by atoms with E-state index in [2.05, 4.69) is 9.39 Å². The highest BCUT2D eigenvalue weighted by Gasteiger charge is 2.41. The van der Waals surface area contributed by atoms with Gasteiger partial charge in [0.25, 0.3) is 5.91 Å². The van der Waals surface area contributed by atoms with Crippen molar-refractivity contribution in [3.05, 3.63) is 64.2 Å². The predicted molar refractivity (Wildman–Crippen MR) is 130 cm³/mol. The Morgan fingerprint density at radius 2 is 1.79 bits per heavy atom. The van der Waals surface area contributed by atoms with Crippen LogP contribution in [0.15, 0.2) is 62.3 Å². The molecule has 34 heavy (non-hydrogen) atoms. The molecule has 14 heteroatoms. The molecule has 2 heterocycles. The molecule has 0 saturated carbocycles. The first-order valence-electron chi connectivity index (χ1n) is 9.36. The second-order valence-corrected chi connectivity index (χ2v) is 11.8. The summed E-state index contributed by atoms with van der Waals surface area (Å²) in [6, 6.07) is 10.2. The van der Waals surface area contributed by atoms with E-state index >= 15 is 0 Å². The Morgan fingerprint density at radius 3 is 2.41 bits per heavy atom. The van der Waals surface area contributed by atoms with Crippen LogP contribution in [0.4, 0.5) is 0 Å². The van der Waals surface area contributed by atoms with Crippen LogP contribution in [-0.4, -0.2) is 50.1 Å². The molecule has 0 aliphatic carbocycles. The van der Waals surface area contributed by atoms with Crippen molar-refractivity contribution in [3.8, 4) is 5.75 Å². The SMILES string of the molecule is Cc1ccc(S(=O)(=O)Oc2ccc(/C=C3/C(=N)N4C(=NC3=O)SN=C4S(C)(=O)=O)cc2Cl)cc1. The first kappa shape index (κ1) is 24.1. The van der Waals surface area contributed by atoms with Crippen molar-refractivity contribution in [2.24, 2.45) is 9.39 Å². The van der Waals surface area contributed by atoms with Gasteiger partial charge < -0.3 is 4.18 Å². The van der Waals surface area contributed by atoms with Gasteiger partial charge in [0.15, 0.2) is 5.75 Å². The zero-order valence-electron chi connectivity index (χ0n) is 17.5. The van der Waals surface area contributed by atoms with Gasteiger partial charge in [-0.1, -0.05) is 35.4 Å². The quantitative estimate of drug-likeness (QED) is 0.355. The van der Waals surface area contributed by atoms with Crippen LogP contribution < -0.4 is 4.18 Å². The Kier molecular flexibility index (Phi) is 6.14. The number of rotatable bonds is 4. The molecule has 0 bridgehead atoms. The van der Waals surface area contributed by atoms with Crippen molar-refractivity contribution in [1.29, 1.82) is 5.41 Å². The standard InChI is InChI=1S/C20H15ClN4O6S3/c1-11-3-6-13(7-4-11)34(29,30)31-16-8-5-12(10-15(16)21)9-14-17(22)25-19(23-18(14)26)32-24-20(25)33(2,27)28/h3-10,22H,1-2H3/b14-9-,22-17?. The van der Waals surface area contributed by atoms with Crippen molar-refractivity contribution in [2.45, 2.75) is 11.8 Å². The molecule has 176 valence electrons. The molecule has 10 nitrogen and oxygen atoms in total. The van der Waals surface area contributed by atoms with E-state index in [1.54, 1.807) is 12.1 Å². The van der Waals surface area contributed by atoms with Gasteiger partial charge in [-0.05, 0) is 42.8 Å². The lowest BCUT2D eigenvalue weighted by Crippen LogP contribution is -2.45. The molecule has 0 fully saturated rings. The van der Waals surface area contributed by atoms with E-state index in [9.17, 15) is 21.6 Å². The molecule has 0 unspecified atom stereocenters. The third-order valence-corrected chi connectivity index (χ3v) is 7.90. The first-order chi connectivity index (χ1) is 15.9. The molecule has 0 saturated heterocycles. The summed E-state index contributed by atoms with van der Waals surface area (Å²) in [5.74, 6) is -1.30. The van der Waals surface area contributed by atoms with Crippen LogP contribution >= 0.6 is 23.5 Å². The lowest BCUT2D eigenvalue weighted by molar-refractivity contribution is -0.114. The predicted octanol–water partition coefficient (Wildman–Crippen LogP) is 3.04. The summed E-state index contributed by atoms with van der Waals surface area (Å²) in [5, 5.41) is 7.86. The van der Waals surface area contributed by atoms with Gasteiger partial charge in [0.2, 0.25) is 20.2 Å². The monoisotopic (exact) mass is 538 g/mol. The van der Waals surface area contributed by atoms with Crippen molar-refractivity contribution >= 4 is 71.7 Å². The van der Waals surface area contributed by atoms with E-state index in [-0.39, 0.29) is 26.4 Å². The van der Waals surface area contributed by atoms with E-state index in [1.807, 2.05) is 6.92 Å². The highest BCUT2D eigenvalue weighted by Crippen LogP contribution is 2.32. The first-order valence-corrected chi connectivity index (χ1v) is 13.8. The summed E-state index contributed by atoms with van der Waals surface area (Å²) < 4.78 is 57.9. The maximum absolute atomic E-state index is 12.5. The number of hydrogen-bond donors (Lipinski definition) is 1. The van der Waals surface area contributed by atoms with Crippen molar-refractivity contribution in [1.82, 2.24) is 4.90 Å². The maximum Gasteiger partial charge on any atom is 0.339 e. The average Bonchev–Trinajstić information content (AvgIpc) is 3.18. The molecular weight excluding hydrogens is 524 g/mol. The third kappa shape index (κ3) is 4.64. The number of nitrogens with zero attached hydrogens (tertiary/aromatic N) is 3. The molecular formula is C20H15ClN4O6S3. The number of fused-ring (bicyclic) bond motifs is 1. The topological polar surface area (TPSA) is 146 Å². The van der Waals surface area contributed by atoms with Gasteiger partial charge >= 0.3 is 10.1 Å². The van der Waals surface area contributed by atoms with Gasteiger partial charge in [-0.15, -0.1) is 0 Å². The Hall–Kier alpha value is -3.00. The lowest BCUT2D eigenvalue weighted by Gasteiger charge is -2.23. The maximum atomic E-state index is 12.5. The summed E-state index contributed by atoms with van der Waals surface area (Å²) in [6.07, 6.45) is 2.23. The number of amidine groups is 3. The van der Waals surface area contributed by atoms with Crippen LogP contribution in [0.25, 0.3) is 6.08 Å². The number of carbonyl (C=O) groups excluding carboxylic acids is 1. The molecule has 2 aliphatic rings. The number of aliphatic imine (C=N–C) groups is 1. The number of nitrogens with one attached hydrogen (secondary N) is 1. The molecule has 0 radical (unpaired) electrons. The number of aryl methyl sites for hydroxylation is 1. The van der Waals surface area contributed by atoms with Gasteiger partial charge in [-0.25, -0.2) is 13.3 Å². The number of amides is 1. The van der Waals surface area contributed by atoms with Crippen molar-refractivity contribution < 1.29 is 25.8 Å². The molecule has 1 N–H and O–H groups in total. The normalized spacial score (nSPS) is 17.5. The number of halogens is 1. The van der Waals surface area contributed by atoms with Crippen molar-refractivity contribution in [2.75, 3.05) is 6.26 Å². The minimum absolute atomic E-state index is 0.0318. The van der Waals surface area contributed by atoms with E-state index in [1.165, 1.54) is 36.4 Å². The molecule has 0 atom stereocenters. The Labute approximate surface area is 204 Å². The average molecular weight is 539 g/mol. The summed E-state index contributed by atoms with van der Waals surface area (Å²) in [4.78, 5) is 17.2. The zero-order chi connectivity index (χ0) is 24.8. The summed E-state index contributed by atoms with van der Waals surface area (Å²) in [5.41, 5.74) is 1.03. The van der Waals surface area contributed by atoms with E-state index < -0.39 is 36.9 Å². The zero-order valence-corrected chi connectivity index (χ0v) is 20.7. The molecule has 0 aromatic heterocycles. The fourth-order valence-electron chi connectivity index (χ4n) is 2.95. The van der Waals surface area contributed by atoms with Gasteiger partial charge in [0.05, 0.1) is 22.5 Å². The number of hydrogen-bond acceptors (Lipinski definition) is 9. The fourth-order valence-corrected chi connectivity index (χ4v) is 6.02. The Bertz CT molecular complexity index is 1550. The smallest absolute Gasteiger partial charge is 0.339 e. The minimum atomic E-state index is -4.13. The van der Waals surface area contributed by atoms with E-state index in [0.29, 0.717) is 17.5 Å². The molecule has 2 aromatic carbocycles. The molecule has 2 aliphatic heterocycles. The van der Waals surface area contributed by atoms with Crippen LogP contribution in [0.3, 0.4) is 0 Å². The van der Waals surface area contributed by atoms with Gasteiger partial charge in [0.1, 0.15) is 10.7 Å². The second-order valence-electron chi connectivity index (χ2n) is 7.22. The fraction of sp³-hybridized carbons (Fsp3) is 0.100. The van der Waals surface area contributed by atoms with Gasteiger partial charge in [-0.2, -0.15) is 17.8 Å². The van der Waals surface area contributed by atoms with Crippen molar-refractivity contribution in [3.63, 3.8) is 0 Å².